The monoisotopic (exact) mass is 461 g/mol. The Morgan fingerprint density at radius 2 is 1.84 bits per heavy atom. The average molecular weight is 462 g/mol. The van der Waals surface area contributed by atoms with E-state index in [0.717, 1.165) is 54.6 Å². The van der Waals surface area contributed by atoms with Crippen LogP contribution in [0.3, 0.4) is 0 Å². The summed E-state index contributed by atoms with van der Waals surface area (Å²) in [6, 6.07) is 11.2. The summed E-state index contributed by atoms with van der Waals surface area (Å²) in [4.78, 5) is 26.4. The summed E-state index contributed by atoms with van der Waals surface area (Å²) >= 11 is 0.795. The van der Waals surface area contributed by atoms with Gasteiger partial charge in [0.15, 0.2) is 5.13 Å². The van der Waals surface area contributed by atoms with Gasteiger partial charge in [-0.1, -0.05) is 24.7 Å². The number of anilines is 1. The Kier molecular flexibility index (Phi) is 6.98. The lowest BCUT2D eigenvalue weighted by Gasteiger charge is -2.06. The zero-order valence-corrected chi connectivity index (χ0v) is 18.1. The van der Waals surface area contributed by atoms with E-state index in [1.807, 2.05) is 0 Å². The first kappa shape index (κ1) is 22.4. The molecule has 1 heterocycles. The van der Waals surface area contributed by atoms with Gasteiger partial charge in [-0.25, -0.2) is 13.4 Å². The number of nitrogens with zero attached hydrogens (tertiary/aromatic N) is 2. The highest BCUT2D eigenvalue weighted by Crippen LogP contribution is 2.29. The van der Waals surface area contributed by atoms with Gasteiger partial charge in [0.2, 0.25) is 9.84 Å². The van der Waals surface area contributed by atoms with Crippen molar-refractivity contribution in [2.75, 3.05) is 11.9 Å². The summed E-state index contributed by atoms with van der Waals surface area (Å²) in [5.74, 6) is 0.226. The van der Waals surface area contributed by atoms with Crippen LogP contribution in [0.15, 0.2) is 63.8 Å². The van der Waals surface area contributed by atoms with Crippen LogP contribution in [0.25, 0.3) is 0 Å². The van der Waals surface area contributed by atoms with Crippen molar-refractivity contribution < 1.29 is 22.9 Å². The minimum absolute atomic E-state index is 0.0867. The first-order valence-electron chi connectivity index (χ1n) is 9.31. The van der Waals surface area contributed by atoms with Crippen molar-refractivity contribution in [3.8, 4) is 5.75 Å². The first-order valence-corrected chi connectivity index (χ1v) is 11.6. The number of amides is 1. The minimum atomic E-state index is -3.91. The number of thiazole rings is 1. The molecule has 0 aliphatic carbocycles. The second-order valence-corrected chi connectivity index (χ2v) is 9.63. The number of carbonyl (C=O) groups is 1. The van der Waals surface area contributed by atoms with Crippen LogP contribution in [0.4, 0.5) is 10.8 Å². The fourth-order valence-electron chi connectivity index (χ4n) is 2.51. The SMILES string of the molecule is CCCCOc1ccc(C(=O)Nc2ncc(S(=O)(=O)c3ccc([N+](=O)[O-])cc3)s2)cc1. The molecule has 0 atom stereocenters. The highest BCUT2D eigenvalue weighted by atomic mass is 32.2. The van der Waals surface area contributed by atoms with E-state index >= 15 is 0 Å². The van der Waals surface area contributed by atoms with Crippen LogP contribution in [-0.2, 0) is 9.84 Å². The summed E-state index contributed by atoms with van der Waals surface area (Å²) in [6.45, 7) is 2.67. The van der Waals surface area contributed by atoms with Crippen LogP contribution in [0, 0.1) is 10.1 Å². The van der Waals surface area contributed by atoms with Gasteiger partial charge in [-0.05, 0) is 42.8 Å². The molecule has 3 aromatic rings. The first-order chi connectivity index (χ1) is 14.8. The van der Waals surface area contributed by atoms with Gasteiger partial charge in [-0.3, -0.25) is 20.2 Å². The summed E-state index contributed by atoms with van der Waals surface area (Å²) in [7, 11) is -3.91. The quantitative estimate of drug-likeness (QED) is 0.285. The Labute approximate surface area is 182 Å². The number of sulfone groups is 1. The standard InChI is InChI=1S/C20H19N3O6S2/c1-2-3-12-29-16-8-4-14(5-9-16)19(24)22-20-21-13-18(30-20)31(27,28)17-10-6-15(7-11-17)23(25)26/h4-11,13H,2-3,12H2,1H3,(H,21,22,24). The number of aromatic nitrogens is 1. The van der Waals surface area contributed by atoms with E-state index < -0.39 is 20.7 Å². The minimum Gasteiger partial charge on any atom is -0.494 e. The molecule has 0 saturated carbocycles. The van der Waals surface area contributed by atoms with E-state index in [1.54, 1.807) is 24.3 Å². The van der Waals surface area contributed by atoms with Crippen LogP contribution < -0.4 is 10.1 Å². The number of non-ortho nitro benzene ring substituents is 1. The van der Waals surface area contributed by atoms with E-state index in [4.69, 9.17) is 4.74 Å². The number of nitro benzene ring substituents is 1. The fraction of sp³-hybridized carbons (Fsp3) is 0.200. The predicted octanol–water partition coefficient (Wildman–Crippen LogP) is 4.32. The summed E-state index contributed by atoms with van der Waals surface area (Å²) in [6.07, 6.45) is 3.11. The molecule has 3 rings (SSSR count). The van der Waals surface area contributed by atoms with Crippen molar-refractivity contribution in [3.05, 3.63) is 70.4 Å². The van der Waals surface area contributed by atoms with Crippen LogP contribution in [0.1, 0.15) is 30.1 Å². The predicted molar refractivity (Wildman–Crippen MR) is 115 cm³/mol. The molecule has 1 amide bonds. The van der Waals surface area contributed by atoms with Gasteiger partial charge < -0.3 is 4.74 Å². The average Bonchev–Trinajstić information content (AvgIpc) is 3.24. The Morgan fingerprint density at radius 3 is 2.45 bits per heavy atom. The lowest BCUT2D eigenvalue weighted by molar-refractivity contribution is -0.384. The zero-order chi connectivity index (χ0) is 22.4. The molecule has 0 fully saturated rings. The normalized spacial score (nSPS) is 11.1. The second-order valence-electron chi connectivity index (χ2n) is 6.42. The number of ether oxygens (including phenoxy) is 1. The summed E-state index contributed by atoms with van der Waals surface area (Å²) < 4.78 is 30.9. The number of unbranched alkanes of at least 4 members (excludes halogenated alkanes) is 1. The zero-order valence-electron chi connectivity index (χ0n) is 16.5. The molecule has 2 aromatic carbocycles. The molecule has 0 unspecified atom stereocenters. The molecule has 0 saturated heterocycles. The fourth-order valence-corrected chi connectivity index (χ4v) is 4.94. The van der Waals surface area contributed by atoms with Crippen molar-refractivity contribution in [3.63, 3.8) is 0 Å². The van der Waals surface area contributed by atoms with Gasteiger partial charge in [0.25, 0.3) is 11.6 Å². The van der Waals surface area contributed by atoms with Gasteiger partial charge in [0.05, 0.1) is 22.6 Å². The number of hydrogen-bond donors (Lipinski definition) is 1. The van der Waals surface area contributed by atoms with Gasteiger partial charge in [0.1, 0.15) is 9.96 Å². The molecule has 0 aliphatic rings. The molecular formula is C20H19N3O6S2. The largest absolute Gasteiger partial charge is 0.494 e. The number of carbonyl (C=O) groups excluding carboxylic acids is 1. The van der Waals surface area contributed by atoms with Gasteiger partial charge in [0, 0.05) is 17.7 Å². The molecule has 0 spiro atoms. The third-order valence-electron chi connectivity index (χ3n) is 4.21. The number of hydrogen-bond acceptors (Lipinski definition) is 8. The van der Waals surface area contributed by atoms with E-state index in [-0.39, 0.29) is 19.9 Å². The smallest absolute Gasteiger partial charge is 0.269 e. The van der Waals surface area contributed by atoms with Gasteiger partial charge >= 0.3 is 0 Å². The summed E-state index contributed by atoms with van der Waals surface area (Å²) in [5.41, 5.74) is 0.163. The molecule has 0 radical (unpaired) electrons. The number of benzene rings is 2. The highest BCUT2D eigenvalue weighted by Gasteiger charge is 2.22. The van der Waals surface area contributed by atoms with E-state index in [9.17, 15) is 23.3 Å². The number of nitro groups is 1. The van der Waals surface area contributed by atoms with E-state index in [0.29, 0.717) is 17.9 Å². The van der Waals surface area contributed by atoms with Gasteiger partial charge in [-0.2, -0.15) is 0 Å². The maximum Gasteiger partial charge on any atom is 0.269 e. The number of nitrogens with one attached hydrogen (secondary N) is 1. The molecule has 162 valence electrons. The van der Waals surface area contributed by atoms with Crippen LogP contribution in [0.2, 0.25) is 0 Å². The summed E-state index contributed by atoms with van der Waals surface area (Å²) in [5, 5.41) is 13.4. The van der Waals surface area contributed by atoms with Crippen molar-refractivity contribution in [2.45, 2.75) is 28.9 Å². The van der Waals surface area contributed by atoms with E-state index in [1.165, 1.54) is 0 Å². The molecule has 31 heavy (non-hydrogen) atoms. The molecule has 1 aromatic heterocycles. The Balaban J connectivity index is 1.68. The van der Waals surface area contributed by atoms with Crippen LogP contribution in [-0.4, -0.2) is 30.8 Å². The van der Waals surface area contributed by atoms with Crippen LogP contribution >= 0.6 is 11.3 Å². The number of rotatable bonds is 9. The molecule has 0 bridgehead atoms. The lowest BCUT2D eigenvalue weighted by atomic mass is 10.2. The Bertz CT molecular complexity index is 1170. The second kappa shape index (κ2) is 9.67. The highest BCUT2D eigenvalue weighted by molar-refractivity contribution is 7.93. The molecule has 9 nitrogen and oxygen atoms in total. The van der Waals surface area contributed by atoms with Crippen molar-refractivity contribution in [1.29, 1.82) is 0 Å². The molecule has 11 heteroatoms. The van der Waals surface area contributed by atoms with E-state index in [2.05, 4.69) is 17.2 Å². The maximum atomic E-state index is 12.7. The third-order valence-corrected chi connectivity index (χ3v) is 7.35. The topological polar surface area (TPSA) is 128 Å². The maximum absolute atomic E-state index is 12.7. The Hall–Kier alpha value is -3.31. The lowest BCUT2D eigenvalue weighted by Crippen LogP contribution is -2.11. The van der Waals surface area contributed by atoms with Crippen molar-refractivity contribution in [2.24, 2.45) is 0 Å². The molecule has 1 N–H and O–H groups in total. The van der Waals surface area contributed by atoms with Crippen molar-refractivity contribution >= 4 is 37.9 Å². The Morgan fingerprint density at radius 1 is 1.16 bits per heavy atom. The van der Waals surface area contributed by atoms with Crippen LogP contribution in [0.5, 0.6) is 5.75 Å². The third kappa shape index (κ3) is 5.44. The molecular weight excluding hydrogens is 442 g/mol. The van der Waals surface area contributed by atoms with Gasteiger partial charge in [-0.15, -0.1) is 0 Å². The molecule has 0 aliphatic heterocycles. The van der Waals surface area contributed by atoms with Crippen molar-refractivity contribution in [1.82, 2.24) is 4.98 Å².